The molecule has 0 unspecified atom stereocenters. The molecule has 0 saturated carbocycles. The molecule has 1 radical (unpaired) electrons. The zero-order valence-corrected chi connectivity index (χ0v) is 8.83. The van der Waals surface area contributed by atoms with E-state index in [2.05, 4.69) is 15.8 Å². The fourth-order valence-corrected chi connectivity index (χ4v) is 1.36. The Kier molecular flexibility index (Phi) is 3.18. The van der Waals surface area contributed by atoms with Crippen molar-refractivity contribution in [3.8, 4) is 17.0 Å². The second-order valence-electron chi connectivity index (χ2n) is 3.34. The summed E-state index contributed by atoms with van der Waals surface area (Å²) in [6.45, 7) is 0. The summed E-state index contributed by atoms with van der Waals surface area (Å²) in [5.41, 5.74) is 0.794. The summed E-state index contributed by atoms with van der Waals surface area (Å²) in [6, 6.07) is 8.96. The van der Waals surface area contributed by atoms with Crippen molar-refractivity contribution in [2.45, 2.75) is 6.36 Å². The van der Waals surface area contributed by atoms with Crippen LogP contribution in [0.4, 0.5) is 17.6 Å². The summed E-state index contributed by atoms with van der Waals surface area (Å²) < 4.78 is 52.7. The number of hydrogen-bond donors (Lipinski definition) is 0. The van der Waals surface area contributed by atoms with Crippen LogP contribution >= 0.6 is 0 Å². The SMILES string of the molecule is Fc1cc(-c2cc[c]cn2)ccc1OC(F)(F)F. The van der Waals surface area contributed by atoms with Crippen LogP contribution in [0.2, 0.25) is 0 Å². The summed E-state index contributed by atoms with van der Waals surface area (Å²) in [7, 11) is 0. The van der Waals surface area contributed by atoms with Crippen molar-refractivity contribution in [2.24, 2.45) is 0 Å². The zero-order chi connectivity index (χ0) is 13.2. The molecule has 1 aromatic heterocycles. The van der Waals surface area contributed by atoms with Crippen LogP contribution in [-0.4, -0.2) is 11.3 Å². The summed E-state index contributed by atoms with van der Waals surface area (Å²) in [6.07, 6.45) is -3.53. The first-order chi connectivity index (χ1) is 8.46. The second kappa shape index (κ2) is 4.64. The molecule has 0 aliphatic rings. The molecule has 2 nitrogen and oxygen atoms in total. The van der Waals surface area contributed by atoms with Gasteiger partial charge in [0, 0.05) is 17.8 Å². The van der Waals surface area contributed by atoms with Gasteiger partial charge >= 0.3 is 6.36 Å². The number of hydrogen-bond acceptors (Lipinski definition) is 2. The van der Waals surface area contributed by atoms with Crippen LogP contribution in [0.25, 0.3) is 11.3 Å². The zero-order valence-electron chi connectivity index (χ0n) is 8.83. The third-order valence-electron chi connectivity index (χ3n) is 2.07. The fourth-order valence-electron chi connectivity index (χ4n) is 1.36. The first kappa shape index (κ1) is 12.3. The Balaban J connectivity index is 2.31. The average Bonchev–Trinajstić information content (AvgIpc) is 2.31. The van der Waals surface area contributed by atoms with E-state index in [4.69, 9.17) is 0 Å². The van der Waals surface area contributed by atoms with Gasteiger partial charge in [0.2, 0.25) is 0 Å². The monoisotopic (exact) mass is 256 g/mol. The highest BCUT2D eigenvalue weighted by atomic mass is 19.4. The molecule has 2 rings (SSSR count). The topological polar surface area (TPSA) is 22.1 Å². The largest absolute Gasteiger partial charge is 0.573 e. The van der Waals surface area contributed by atoms with Crippen molar-refractivity contribution < 1.29 is 22.3 Å². The molecule has 18 heavy (non-hydrogen) atoms. The van der Waals surface area contributed by atoms with Gasteiger partial charge in [-0.1, -0.05) is 6.07 Å². The fraction of sp³-hybridized carbons (Fsp3) is 0.0833. The van der Waals surface area contributed by atoms with Gasteiger partial charge in [0.25, 0.3) is 0 Å². The molecule has 0 spiro atoms. The van der Waals surface area contributed by atoms with Gasteiger partial charge < -0.3 is 4.74 Å². The van der Waals surface area contributed by atoms with Crippen molar-refractivity contribution >= 4 is 0 Å². The average molecular weight is 256 g/mol. The number of rotatable bonds is 2. The van der Waals surface area contributed by atoms with Crippen molar-refractivity contribution in [1.82, 2.24) is 4.98 Å². The number of halogens is 4. The highest BCUT2D eigenvalue weighted by Crippen LogP contribution is 2.28. The van der Waals surface area contributed by atoms with E-state index in [0.717, 1.165) is 12.1 Å². The lowest BCUT2D eigenvalue weighted by molar-refractivity contribution is -0.275. The Hall–Kier alpha value is -2.11. The minimum Gasteiger partial charge on any atom is -0.403 e. The Bertz CT molecular complexity index is 540. The maximum atomic E-state index is 13.4. The van der Waals surface area contributed by atoms with Crippen LogP contribution in [0.15, 0.2) is 36.5 Å². The molecular weight excluding hydrogens is 250 g/mol. The van der Waals surface area contributed by atoms with Gasteiger partial charge in [0.05, 0.1) is 5.69 Å². The summed E-state index contributed by atoms with van der Waals surface area (Å²) >= 11 is 0. The van der Waals surface area contributed by atoms with E-state index in [0.29, 0.717) is 11.3 Å². The van der Waals surface area contributed by atoms with Gasteiger partial charge in [0.15, 0.2) is 11.6 Å². The van der Waals surface area contributed by atoms with Crippen LogP contribution in [0.5, 0.6) is 5.75 Å². The Morgan fingerprint density at radius 2 is 1.94 bits per heavy atom. The lowest BCUT2D eigenvalue weighted by Gasteiger charge is -2.10. The Labute approximate surface area is 99.8 Å². The van der Waals surface area contributed by atoms with Gasteiger partial charge in [-0.3, -0.25) is 4.98 Å². The highest BCUT2D eigenvalue weighted by Gasteiger charge is 2.32. The predicted octanol–water partition coefficient (Wildman–Crippen LogP) is 3.59. The van der Waals surface area contributed by atoms with Gasteiger partial charge in [0.1, 0.15) is 0 Å². The van der Waals surface area contributed by atoms with Crippen LogP contribution < -0.4 is 4.74 Å². The van der Waals surface area contributed by atoms with Crippen molar-refractivity contribution in [3.63, 3.8) is 0 Å². The molecule has 1 aromatic carbocycles. The van der Waals surface area contributed by atoms with E-state index in [1.165, 1.54) is 12.3 Å². The van der Waals surface area contributed by atoms with Gasteiger partial charge in [-0.25, -0.2) is 4.39 Å². The van der Waals surface area contributed by atoms with Gasteiger partial charge in [-0.2, -0.15) is 0 Å². The van der Waals surface area contributed by atoms with Crippen LogP contribution in [0.1, 0.15) is 0 Å². The summed E-state index contributed by atoms with van der Waals surface area (Å²) in [5.74, 6) is -1.96. The third kappa shape index (κ3) is 2.97. The standard InChI is InChI=1S/C12H6F4NO/c13-9-7-8(10-3-1-2-6-17-10)4-5-11(9)18-12(14,15)16/h1,3-7H. The van der Waals surface area contributed by atoms with E-state index in [9.17, 15) is 17.6 Å². The van der Waals surface area contributed by atoms with Crippen molar-refractivity contribution in [1.29, 1.82) is 0 Å². The van der Waals surface area contributed by atoms with E-state index < -0.39 is 17.9 Å². The number of pyridine rings is 1. The maximum Gasteiger partial charge on any atom is 0.573 e. The first-order valence-electron chi connectivity index (χ1n) is 4.83. The lowest BCUT2D eigenvalue weighted by atomic mass is 10.1. The molecular formula is C12H6F4NO. The Morgan fingerprint density at radius 3 is 2.50 bits per heavy atom. The molecule has 0 atom stereocenters. The van der Waals surface area contributed by atoms with Crippen LogP contribution in [0.3, 0.4) is 0 Å². The molecule has 6 heteroatoms. The first-order valence-corrected chi connectivity index (χ1v) is 4.83. The molecule has 0 aliphatic heterocycles. The normalized spacial score (nSPS) is 11.3. The summed E-state index contributed by atoms with van der Waals surface area (Å²) in [5, 5.41) is 0. The minimum atomic E-state index is -4.91. The summed E-state index contributed by atoms with van der Waals surface area (Å²) in [4.78, 5) is 3.91. The number of nitrogens with zero attached hydrogens (tertiary/aromatic N) is 1. The lowest BCUT2D eigenvalue weighted by Crippen LogP contribution is -2.17. The molecule has 0 aliphatic carbocycles. The molecule has 2 aromatic rings. The number of benzene rings is 1. The third-order valence-corrected chi connectivity index (χ3v) is 2.07. The molecule has 0 N–H and O–H groups in total. The van der Waals surface area contributed by atoms with E-state index in [1.54, 1.807) is 12.1 Å². The van der Waals surface area contributed by atoms with Crippen molar-refractivity contribution in [3.05, 3.63) is 48.4 Å². The second-order valence-corrected chi connectivity index (χ2v) is 3.34. The smallest absolute Gasteiger partial charge is 0.403 e. The minimum absolute atomic E-state index is 0.357. The van der Waals surface area contributed by atoms with E-state index in [1.807, 2.05) is 0 Å². The van der Waals surface area contributed by atoms with Gasteiger partial charge in [-0.15, -0.1) is 13.2 Å². The van der Waals surface area contributed by atoms with Crippen LogP contribution in [-0.2, 0) is 0 Å². The van der Waals surface area contributed by atoms with Gasteiger partial charge in [-0.05, 0) is 24.3 Å². The molecule has 0 bridgehead atoms. The van der Waals surface area contributed by atoms with E-state index >= 15 is 0 Å². The maximum absolute atomic E-state index is 13.4. The highest BCUT2D eigenvalue weighted by molar-refractivity contribution is 5.60. The van der Waals surface area contributed by atoms with E-state index in [-0.39, 0.29) is 0 Å². The van der Waals surface area contributed by atoms with Crippen molar-refractivity contribution in [2.75, 3.05) is 0 Å². The van der Waals surface area contributed by atoms with Crippen LogP contribution in [0, 0.1) is 11.9 Å². The Morgan fingerprint density at radius 1 is 1.17 bits per heavy atom. The molecule has 0 amide bonds. The molecule has 0 fully saturated rings. The number of ether oxygens (including phenoxy) is 1. The predicted molar refractivity (Wildman–Crippen MR) is 55.2 cm³/mol. The molecule has 1 heterocycles. The molecule has 0 saturated heterocycles. The quantitative estimate of drug-likeness (QED) is 0.766. The number of alkyl halides is 3. The number of aromatic nitrogens is 1. The molecule has 93 valence electrons.